The summed E-state index contributed by atoms with van der Waals surface area (Å²) in [5.74, 6) is 0. The Morgan fingerprint density at radius 1 is 0.636 bits per heavy atom. The molecule has 0 spiro atoms. The van der Waals surface area contributed by atoms with Crippen LogP contribution in [0.1, 0.15) is 0 Å². The van der Waals surface area contributed by atoms with Crippen LogP contribution in [-0.4, -0.2) is 26.2 Å². The van der Waals surface area contributed by atoms with Crippen LogP contribution in [0.2, 0.25) is 39.3 Å². The predicted molar refractivity (Wildman–Crippen MR) is 51.1 cm³/mol. The van der Waals surface area contributed by atoms with Crippen LogP contribution in [0.15, 0.2) is 0 Å². The largest absolute Gasteiger partial charge is 0.433 e. The molecule has 0 rings (SSSR count). The normalized spacial score (nSPS) is 10.9. The second-order valence-corrected chi connectivity index (χ2v) is 13.0. The smallest absolute Gasteiger partial charge is 0.179 e. The summed E-state index contributed by atoms with van der Waals surface area (Å²) in [5.41, 5.74) is 0. The quantitative estimate of drug-likeness (QED) is 0.658. The van der Waals surface area contributed by atoms with E-state index < -0.39 is 16.6 Å². The van der Waals surface area contributed by atoms with Crippen LogP contribution >= 0.6 is 0 Å². The third-order valence-electron chi connectivity index (χ3n) is 0. The third kappa shape index (κ3) is 627. The molecular weight excluding hydrogens is 251 g/mol. The van der Waals surface area contributed by atoms with Gasteiger partial charge in [0.2, 0.25) is 0 Å². The first-order valence-electron chi connectivity index (χ1n) is 3.45. The summed E-state index contributed by atoms with van der Waals surface area (Å²) >= 11 is 0. The van der Waals surface area contributed by atoms with Crippen molar-refractivity contribution < 1.29 is 35.8 Å². The van der Waals surface area contributed by atoms with Crippen molar-refractivity contribution in [1.29, 1.82) is 0 Å². The van der Waals surface area contributed by atoms with E-state index in [-0.39, 0.29) is 26.2 Å². The van der Waals surface area contributed by atoms with Crippen molar-refractivity contribution in [1.82, 2.24) is 0 Å². The van der Waals surface area contributed by atoms with Gasteiger partial charge < -0.3 is 9.59 Å². The van der Waals surface area contributed by atoms with Crippen LogP contribution in [0.3, 0.4) is 0 Å². The van der Waals surface area contributed by atoms with Gasteiger partial charge in [0.1, 0.15) is 0 Å². The fraction of sp³-hybridized carbons (Fsp3) is 1.00. The van der Waals surface area contributed by atoms with E-state index in [4.69, 9.17) is 9.59 Å². The molecule has 0 heterocycles. The van der Waals surface area contributed by atoms with Crippen molar-refractivity contribution in [2.24, 2.45) is 0 Å². The van der Waals surface area contributed by atoms with Crippen molar-refractivity contribution in [2.45, 2.75) is 39.3 Å². The standard InChI is InChI=1S/2C3H10OSi.Zr/c2*1-5(2,3)4;/h2*4H,1-3H3;. The van der Waals surface area contributed by atoms with Crippen molar-refractivity contribution in [2.75, 3.05) is 0 Å². The van der Waals surface area contributed by atoms with Gasteiger partial charge in [0.15, 0.2) is 16.6 Å². The molecule has 0 saturated carbocycles. The van der Waals surface area contributed by atoms with Crippen molar-refractivity contribution >= 4 is 16.6 Å². The van der Waals surface area contributed by atoms with Gasteiger partial charge >= 0.3 is 0 Å². The maximum atomic E-state index is 8.66. The molecule has 2 nitrogen and oxygen atoms in total. The molecule has 0 aromatic rings. The summed E-state index contributed by atoms with van der Waals surface area (Å²) in [6.45, 7) is 11.3. The van der Waals surface area contributed by atoms with Crippen LogP contribution in [0.5, 0.6) is 0 Å². The molecule has 68 valence electrons. The molecule has 0 aromatic carbocycles. The van der Waals surface area contributed by atoms with Gasteiger partial charge in [-0.3, -0.25) is 0 Å². The van der Waals surface area contributed by atoms with Crippen LogP contribution in [0, 0.1) is 0 Å². The molecule has 0 aliphatic heterocycles. The molecule has 0 aliphatic carbocycles. The van der Waals surface area contributed by atoms with Crippen LogP contribution in [-0.2, 0) is 26.2 Å². The van der Waals surface area contributed by atoms with Crippen molar-refractivity contribution in [3.63, 3.8) is 0 Å². The minimum atomic E-state index is -1.61. The van der Waals surface area contributed by atoms with Gasteiger partial charge in [-0.25, -0.2) is 0 Å². The van der Waals surface area contributed by atoms with Gasteiger partial charge in [0, 0.05) is 26.2 Å². The minimum Gasteiger partial charge on any atom is -0.433 e. The molecule has 11 heavy (non-hydrogen) atoms. The summed E-state index contributed by atoms with van der Waals surface area (Å²) in [5, 5.41) is 0. The Labute approximate surface area is 91.4 Å². The number of rotatable bonds is 0. The predicted octanol–water partition coefficient (Wildman–Crippen LogP) is 1.62. The molecule has 0 bridgehead atoms. The van der Waals surface area contributed by atoms with Gasteiger partial charge in [-0.05, 0) is 39.3 Å². The molecular formula is C6H20O2Si2Zr. The molecule has 0 aromatic heterocycles. The zero-order valence-electron chi connectivity index (χ0n) is 8.39. The molecule has 2 N–H and O–H groups in total. The van der Waals surface area contributed by atoms with Crippen molar-refractivity contribution in [3.8, 4) is 0 Å². The molecule has 0 radical (unpaired) electrons. The number of hydrogen-bond acceptors (Lipinski definition) is 2. The zero-order valence-corrected chi connectivity index (χ0v) is 12.9. The summed E-state index contributed by atoms with van der Waals surface area (Å²) in [7, 11) is -3.22. The Balaban J connectivity index is -0.000000107. The third-order valence-corrected chi connectivity index (χ3v) is 0. The fourth-order valence-corrected chi connectivity index (χ4v) is 0. The molecule has 0 aliphatic rings. The van der Waals surface area contributed by atoms with Gasteiger partial charge in [-0.15, -0.1) is 0 Å². The summed E-state index contributed by atoms with van der Waals surface area (Å²) in [4.78, 5) is 17.3. The van der Waals surface area contributed by atoms with E-state index in [1.54, 1.807) is 0 Å². The second kappa shape index (κ2) is 6.72. The summed E-state index contributed by atoms with van der Waals surface area (Å²) in [6.07, 6.45) is 0. The number of hydrogen-bond donors (Lipinski definition) is 2. The Hall–Kier alpha value is 1.24. The van der Waals surface area contributed by atoms with E-state index >= 15 is 0 Å². The topological polar surface area (TPSA) is 40.5 Å². The fourth-order valence-electron chi connectivity index (χ4n) is 0. The molecule has 0 amide bonds. The first kappa shape index (κ1) is 18.1. The zero-order chi connectivity index (χ0) is 9.00. The van der Waals surface area contributed by atoms with E-state index in [2.05, 4.69) is 0 Å². The molecule has 0 unspecified atom stereocenters. The Morgan fingerprint density at radius 2 is 0.636 bits per heavy atom. The van der Waals surface area contributed by atoms with Gasteiger partial charge in [0.25, 0.3) is 0 Å². The molecule has 0 fully saturated rings. The Kier molecular flexibility index (Phi) is 11.1. The summed E-state index contributed by atoms with van der Waals surface area (Å²) < 4.78 is 0. The molecule has 0 saturated heterocycles. The maximum absolute atomic E-state index is 8.66. The van der Waals surface area contributed by atoms with E-state index in [1.165, 1.54) is 0 Å². The first-order valence-corrected chi connectivity index (χ1v) is 10.3. The maximum Gasteiger partial charge on any atom is 0.179 e. The van der Waals surface area contributed by atoms with Gasteiger partial charge in [0.05, 0.1) is 0 Å². The van der Waals surface area contributed by atoms with E-state index in [1.807, 2.05) is 39.3 Å². The monoisotopic (exact) mass is 270 g/mol. The van der Waals surface area contributed by atoms with E-state index in [9.17, 15) is 0 Å². The SMILES string of the molecule is C[Si](C)(C)O.C[Si](C)(C)O.[Zr]. The molecule has 5 heteroatoms. The van der Waals surface area contributed by atoms with Crippen LogP contribution in [0.4, 0.5) is 0 Å². The Bertz CT molecular complexity index is 61.6. The van der Waals surface area contributed by atoms with Gasteiger partial charge in [-0.1, -0.05) is 0 Å². The summed E-state index contributed by atoms with van der Waals surface area (Å²) in [6, 6.07) is 0. The van der Waals surface area contributed by atoms with Crippen LogP contribution in [0.25, 0.3) is 0 Å². The van der Waals surface area contributed by atoms with E-state index in [0.717, 1.165) is 0 Å². The van der Waals surface area contributed by atoms with Gasteiger partial charge in [-0.2, -0.15) is 0 Å². The van der Waals surface area contributed by atoms with Crippen LogP contribution < -0.4 is 0 Å². The average molecular weight is 272 g/mol. The van der Waals surface area contributed by atoms with E-state index in [0.29, 0.717) is 0 Å². The minimum absolute atomic E-state index is 0. The van der Waals surface area contributed by atoms with Crippen molar-refractivity contribution in [3.05, 3.63) is 0 Å². The molecule has 0 atom stereocenters. The second-order valence-electron chi connectivity index (χ2n) is 4.34. The Morgan fingerprint density at radius 3 is 0.636 bits per heavy atom. The average Bonchev–Trinajstić information content (AvgIpc) is 1.12. The first-order chi connectivity index (χ1) is 4.00.